The van der Waals surface area contributed by atoms with Crippen LogP contribution in [0.15, 0.2) is 23.1 Å². The van der Waals surface area contributed by atoms with E-state index in [9.17, 15) is 8.42 Å². The van der Waals surface area contributed by atoms with Gasteiger partial charge in [-0.3, -0.25) is 0 Å². The molecule has 118 valence electrons. The molecule has 21 heavy (non-hydrogen) atoms. The number of halogens is 1. The van der Waals surface area contributed by atoms with Crippen LogP contribution in [0.4, 0.5) is 0 Å². The van der Waals surface area contributed by atoms with Gasteiger partial charge in [-0.25, -0.2) is 13.1 Å². The molecule has 0 unspecified atom stereocenters. The van der Waals surface area contributed by atoms with Gasteiger partial charge < -0.3 is 5.73 Å². The molecule has 3 N–H and O–H groups in total. The molecule has 0 spiro atoms. The van der Waals surface area contributed by atoms with Crippen LogP contribution in [0, 0.1) is 0 Å². The Morgan fingerprint density at radius 3 is 2.52 bits per heavy atom. The maximum Gasteiger partial charge on any atom is 0.243 e. The summed E-state index contributed by atoms with van der Waals surface area (Å²) in [5.74, 6) is 0. The van der Waals surface area contributed by atoms with Crippen molar-refractivity contribution < 1.29 is 8.42 Å². The maximum atomic E-state index is 12.6. The summed E-state index contributed by atoms with van der Waals surface area (Å²) in [6.45, 7) is 4.10. The van der Waals surface area contributed by atoms with Gasteiger partial charge in [0.2, 0.25) is 10.0 Å². The molecule has 1 aromatic heterocycles. The molecule has 0 amide bonds. The number of nitrogens with zero attached hydrogens (tertiary/aromatic N) is 2. The van der Waals surface area contributed by atoms with Gasteiger partial charge in [0.05, 0.1) is 11.7 Å². The third kappa shape index (κ3) is 3.51. The molecule has 2 aromatic rings. The van der Waals surface area contributed by atoms with E-state index in [0.29, 0.717) is 23.9 Å². The first-order valence-electron chi connectivity index (χ1n) is 6.43. The Kier molecular flexibility index (Phi) is 6.06. The summed E-state index contributed by atoms with van der Waals surface area (Å²) in [7, 11) is -3.68. The van der Waals surface area contributed by atoms with E-state index < -0.39 is 15.6 Å². The fourth-order valence-electron chi connectivity index (χ4n) is 2.06. The van der Waals surface area contributed by atoms with Gasteiger partial charge in [-0.1, -0.05) is 19.9 Å². The van der Waals surface area contributed by atoms with E-state index in [1.807, 2.05) is 13.8 Å². The van der Waals surface area contributed by atoms with E-state index >= 15 is 0 Å². The largest absolute Gasteiger partial charge is 0.329 e. The van der Waals surface area contributed by atoms with Gasteiger partial charge in [0.15, 0.2) is 0 Å². The quantitative estimate of drug-likeness (QED) is 0.829. The highest BCUT2D eigenvalue weighted by Crippen LogP contribution is 2.24. The topological polar surface area (TPSA) is 98.0 Å². The highest BCUT2D eigenvalue weighted by Gasteiger charge is 2.32. The zero-order valence-corrected chi connectivity index (χ0v) is 14.3. The number of hydrogen-bond acceptors (Lipinski definition) is 6. The van der Waals surface area contributed by atoms with Crippen molar-refractivity contribution in [3.05, 3.63) is 18.2 Å². The predicted octanol–water partition coefficient (Wildman–Crippen LogP) is 1.91. The molecule has 1 aromatic carbocycles. The van der Waals surface area contributed by atoms with E-state index in [1.54, 1.807) is 18.2 Å². The minimum Gasteiger partial charge on any atom is -0.329 e. The second kappa shape index (κ2) is 6.97. The number of benzene rings is 1. The fraction of sp³-hybridized carbons (Fsp3) is 0.500. The van der Waals surface area contributed by atoms with E-state index in [1.165, 1.54) is 0 Å². The van der Waals surface area contributed by atoms with Crippen molar-refractivity contribution in [2.75, 3.05) is 6.54 Å². The Bertz CT molecular complexity index is 690. The summed E-state index contributed by atoms with van der Waals surface area (Å²) in [4.78, 5) is 0.156. The van der Waals surface area contributed by atoms with E-state index in [2.05, 4.69) is 13.5 Å². The number of rotatable bonds is 6. The van der Waals surface area contributed by atoms with E-state index in [0.717, 1.165) is 11.7 Å². The summed E-state index contributed by atoms with van der Waals surface area (Å²) in [5, 5.41) is 0. The zero-order chi connectivity index (χ0) is 14.8. The van der Waals surface area contributed by atoms with Gasteiger partial charge in [-0.05, 0) is 25.0 Å². The Hall–Kier alpha value is -0.800. The molecular formula is C12H19ClN4O2S2. The molecule has 2 rings (SSSR count). The lowest BCUT2D eigenvalue weighted by atomic mass is 9.95. The summed E-state index contributed by atoms with van der Waals surface area (Å²) < 4.78 is 36.1. The van der Waals surface area contributed by atoms with Crippen molar-refractivity contribution in [2.45, 2.75) is 37.1 Å². The normalized spacial score (nSPS) is 12.3. The molecule has 0 aliphatic carbocycles. The average Bonchev–Trinajstić information content (AvgIpc) is 2.93. The van der Waals surface area contributed by atoms with Crippen molar-refractivity contribution in [2.24, 2.45) is 5.73 Å². The van der Waals surface area contributed by atoms with Crippen molar-refractivity contribution in [1.82, 2.24) is 13.5 Å². The number of sulfonamides is 1. The Morgan fingerprint density at radius 2 is 1.95 bits per heavy atom. The SMILES string of the molecule is CCC(CC)(CN)NS(=O)(=O)c1cccc2nsnc12.Cl. The molecule has 0 aliphatic rings. The van der Waals surface area contributed by atoms with Crippen LogP contribution in [0.2, 0.25) is 0 Å². The maximum absolute atomic E-state index is 12.6. The van der Waals surface area contributed by atoms with Crippen LogP contribution in [0.3, 0.4) is 0 Å². The molecular weight excluding hydrogens is 332 g/mol. The third-order valence-electron chi connectivity index (χ3n) is 3.63. The van der Waals surface area contributed by atoms with Gasteiger partial charge >= 0.3 is 0 Å². The molecule has 0 saturated heterocycles. The van der Waals surface area contributed by atoms with Crippen LogP contribution in [-0.4, -0.2) is 29.2 Å². The van der Waals surface area contributed by atoms with Crippen LogP contribution in [0.5, 0.6) is 0 Å². The zero-order valence-electron chi connectivity index (χ0n) is 11.9. The van der Waals surface area contributed by atoms with Crippen LogP contribution in [-0.2, 0) is 10.0 Å². The Balaban J connectivity index is 0.00000220. The summed E-state index contributed by atoms with van der Waals surface area (Å²) >= 11 is 1.00. The molecule has 0 saturated carbocycles. The monoisotopic (exact) mass is 350 g/mol. The van der Waals surface area contributed by atoms with Gasteiger partial charge in [0.1, 0.15) is 15.9 Å². The molecule has 0 aliphatic heterocycles. The smallest absolute Gasteiger partial charge is 0.243 e. The van der Waals surface area contributed by atoms with Gasteiger partial charge in [0.25, 0.3) is 0 Å². The second-order valence-corrected chi connectivity index (χ2v) is 6.86. The summed E-state index contributed by atoms with van der Waals surface area (Å²) in [5.41, 5.74) is 6.13. The lowest BCUT2D eigenvalue weighted by molar-refractivity contribution is 0.363. The first-order chi connectivity index (χ1) is 9.48. The first kappa shape index (κ1) is 18.2. The van der Waals surface area contributed by atoms with Gasteiger partial charge in [-0.15, -0.1) is 12.4 Å². The highest BCUT2D eigenvalue weighted by molar-refractivity contribution is 7.89. The van der Waals surface area contributed by atoms with Crippen LogP contribution in [0.25, 0.3) is 11.0 Å². The number of nitrogens with two attached hydrogens (primary N) is 1. The summed E-state index contributed by atoms with van der Waals surface area (Å²) in [6.07, 6.45) is 1.26. The van der Waals surface area contributed by atoms with Crippen molar-refractivity contribution >= 4 is 45.2 Å². The number of fused-ring (bicyclic) bond motifs is 1. The predicted molar refractivity (Wildman–Crippen MR) is 87.4 cm³/mol. The highest BCUT2D eigenvalue weighted by atomic mass is 35.5. The fourth-order valence-corrected chi connectivity index (χ4v) is 4.38. The van der Waals surface area contributed by atoms with Gasteiger partial charge in [0, 0.05) is 12.1 Å². The number of nitrogens with one attached hydrogen (secondary N) is 1. The summed E-state index contributed by atoms with van der Waals surface area (Å²) in [6, 6.07) is 4.95. The number of aromatic nitrogens is 2. The standard InChI is InChI=1S/C12H18N4O2S2.ClH/c1-3-12(4-2,8-13)16-20(17,18)10-7-5-6-9-11(10)15-19-14-9;/h5-7,16H,3-4,8,13H2,1-2H3;1H. The molecule has 0 radical (unpaired) electrons. The van der Waals surface area contributed by atoms with Crippen molar-refractivity contribution in [3.63, 3.8) is 0 Å². The minimum absolute atomic E-state index is 0. The lowest BCUT2D eigenvalue weighted by Crippen LogP contribution is -2.52. The number of hydrogen-bond donors (Lipinski definition) is 2. The van der Waals surface area contributed by atoms with Crippen molar-refractivity contribution in [1.29, 1.82) is 0 Å². The van der Waals surface area contributed by atoms with Gasteiger partial charge in [-0.2, -0.15) is 8.75 Å². The molecule has 0 atom stereocenters. The van der Waals surface area contributed by atoms with E-state index in [4.69, 9.17) is 5.73 Å². The third-order valence-corrected chi connectivity index (χ3v) is 5.79. The Morgan fingerprint density at radius 1 is 1.29 bits per heavy atom. The molecule has 0 bridgehead atoms. The van der Waals surface area contributed by atoms with Crippen LogP contribution in [0.1, 0.15) is 26.7 Å². The molecule has 1 heterocycles. The lowest BCUT2D eigenvalue weighted by Gasteiger charge is -2.30. The first-order valence-corrected chi connectivity index (χ1v) is 8.64. The van der Waals surface area contributed by atoms with E-state index in [-0.39, 0.29) is 23.8 Å². The average molecular weight is 351 g/mol. The van der Waals surface area contributed by atoms with Crippen LogP contribution >= 0.6 is 24.1 Å². The minimum atomic E-state index is -3.68. The Labute approximate surface area is 134 Å². The molecule has 6 nitrogen and oxygen atoms in total. The van der Waals surface area contributed by atoms with Crippen molar-refractivity contribution in [3.8, 4) is 0 Å². The molecule has 9 heteroatoms. The van der Waals surface area contributed by atoms with Crippen LogP contribution < -0.4 is 10.5 Å². The second-order valence-electron chi connectivity index (χ2n) is 4.69. The molecule has 0 fully saturated rings.